The van der Waals surface area contributed by atoms with Crippen LogP contribution in [0.1, 0.15) is 19.8 Å². The van der Waals surface area contributed by atoms with Gasteiger partial charge in [-0.25, -0.2) is 4.79 Å². The number of aliphatic imine (C=N–C) groups is 1. The Labute approximate surface area is 135 Å². The van der Waals surface area contributed by atoms with Gasteiger partial charge < -0.3 is 10.1 Å². The molecular formula is C16H21N3O4. The third kappa shape index (κ3) is 4.59. The molecule has 4 amide bonds. The predicted molar refractivity (Wildman–Crippen MR) is 85.1 cm³/mol. The van der Waals surface area contributed by atoms with Gasteiger partial charge in [-0.1, -0.05) is 18.2 Å². The fourth-order valence-electron chi connectivity index (χ4n) is 2.33. The molecule has 2 rings (SSSR count). The number of imide groups is 1. The molecule has 124 valence electrons. The van der Waals surface area contributed by atoms with Crippen LogP contribution in [-0.2, 0) is 14.3 Å². The van der Waals surface area contributed by atoms with E-state index in [0.717, 1.165) is 11.3 Å². The van der Waals surface area contributed by atoms with Crippen molar-refractivity contribution < 1.29 is 19.1 Å². The van der Waals surface area contributed by atoms with E-state index in [-0.39, 0.29) is 24.8 Å². The van der Waals surface area contributed by atoms with Crippen molar-refractivity contribution in [3.63, 3.8) is 0 Å². The first-order valence-corrected chi connectivity index (χ1v) is 7.76. The van der Waals surface area contributed by atoms with E-state index < -0.39 is 11.9 Å². The van der Waals surface area contributed by atoms with Gasteiger partial charge in [-0.15, -0.1) is 0 Å². The number of carbonyl (C=O) groups is 3. The number of allylic oxidation sites excluding steroid dienone is 3. The van der Waals surface area contributed by atoms with E-state index in [2.05, 4.69) is 10.3 Å². The molecule has 0 saturated carbocycles. The van der Waals surface area contributed by atoms with Crippen LogP contribution in [0.2, 0.25) is 0 Å². The number of nitrogens with zero attached hydrogens (tertiary/aromatic N) is 2. The summed E-state index contributed by atoms with van der Waals surface area (Å²) >= 11 is 0. The molecule has 0 aromatic heterocycles. The average Bonchev–Trinajstić information content (AvgIpc) is 2.54. The minimum absolute atomic E-state index is 0.0415. The number of amides is 4. The van der Waals surface area contributed by atoms with Crippen molar-refractivity contribution in [3.05, 3.63) is 24.3 Å². The van der Waals surface area contributed by atoms with Crippen molar-refractivity contribution in [1.29, 1.82) is 0 Å². The molecule has 0 spiro atoms. The molecule has 0 radical (unpaired) electrons. The van der Waals surface area contributed by atoms with Gasteiger partial charge in [0.2, 0.25) is 11.8 Å². The Morgan fingerprint density at radius 1 is 1.39 bits per heavy atom. The van der Waals surface area contributed by atoms with E-state index in [1.165, 1.54) is 0 Å². The zero-order chi connectivity index (χ0) is 16.7. The number of nitrogens with one attached hydrogen (secondary N) is 1. The quantitative estimate of drug-likeness (QED) is 0.678. The Balaban J connectivity index is 1.79. The molecule has 2 aliphatic rings. The standard InChI is InChI=1S/C16H21N3O4/c1-2-23-11-5-9-17-14(20)8-10-19-15(21)12-6-3-4-7-13(12)18-16(19)22/h3-4,6-7,12H,2,5,8-11H2,1H3,(H,17,20). The number of urea groups is 1. The third-order valence-corrected chi connectivity index (χ3v) is 3.54. The number of hydrogen-bond acceptors (Lipinski definition) is 4. The van der Waals surface area contributed by atoms with Crippen LogP contribution < -0.4 is 5.32 Å². The lowest BCUT2D eigenvalue weighted by atomic mass is 9.95. The molecule has 1 aliphatic heterocycles. The largest absolute Gasteiger partial charge is 0.382 e. The van der Waals surface area contributed by atoms with E-state index in [1.807, 2.05) is 6.92 Å². The lowest BCUT2D eigenvalue weighted by Crippen LogP contribution is -2.47. The molecule has 1 aliphatic carbocycles. The number of fused-ring (bicyclic) bond motifs is 1. The van der Waals surface area contributed by atoms with E-state index >= 15 is 0 Å². The fourth-order valence-corrected chi connectivity index (χ4v) is 2.33. The first kappa shape index (κ1) is 17.1. The zero-order valence-electron chi connectivity index (χ0n) is 13.2. The maximum atomic E-state index is 12.3. The first-order valence-electron chi connectivity index (χ1n) is 7.76. The van der Waals surface area contributed by atoms with Crippen LogP contribution >= 0.6 is 0 Å². The number of carbonyl (C=O) groups excluding carboxylic acids is 3. The molecule has 1 heterocycles. The molecular weight excluding hydrogens is 298 g/mol. The highest BCUT2D eigenvalue weighted by molar-refractivity contribution is 6.21. The van der Waals surface area contributed by atoms with Crippen molar-refractivity contribution >= 4 is 23.6 Å². The van der Waals surface area contributed by atoms with Gasteiger partial charge >= 0.3 is 6.03 Å². The summed E-state index contributed by atoms with van der Waals surface area (Å²) in [6.07, 6.45) is 7.65. The highest BCUT2D eigenvalue weighted by Crippen LogP contribution is 2.19. The molecule has 7 heteroatoms. The molecule has 1 unspecified atom stereocenters. The molecule has 0 bridgehead atoms. The Hall–Kier alpha value is -2.28. The molecule has 1 N–H and O–H groups in total. The van der Waals surface area contributed by atoms with Crippen LogP contribution in [0.4, 0.5) is 4.79 Å². The monoisotopic (exact) mass is 319 g/mol. The maximum Gasteiger partial charge on any atom is 0.350 e. The zero-order valence-corrected chi connectivity index (χ0v) is 13.2. The second-order valence-corrected chi connectivity index (χ2v) is 5.18. The van der Waals surface area contributed by atoms with Crippen molar-refractivity contribution in [3.8, 4) is 0 Å². The lowest BCUT2D eigenvalue weighted by molar-refractivity contribution is -0.130. The Kier molecular flexibility index (Phi) is 6.22. The number of ether oxygens (including phenoxy) is 1. The first-order chi connectivity index (χ1) is 11.1. The molecule has 1 atom stereocenters. The number of hydrogen-bond donors (Lipinski definition) is 1. The third-order valence-electron chi connectivity index (χ3n) is 3.54. The Morgan fingerprint density at radius 2 is 2.22 bits per heavy atom. The predicted octanol–water partition coefficient (Wildman–Crippen LogP) is 1.06. The van der Waals surface area contributed by atoms with Crippen LogP contribution in [-0.4, -0.2) is 54.8 Å². The molecule has 0 saturated heterocycles. The summed E-state index contributed by atoms with van der Waals surface area (Å²) in [4.78, 5) is 40.9. The minimum Gasteiger partial charge on any atom is -0.382 e. The molecule has 7 nitrogen and oxygen atoms in total. The normalized spacial score (nSPS) is 19.6. The highest BCUT2D eigenvalue weighted by atomic mass is 16.5. The summed E-state index contributed by atoms with van der Waals surface area (Å²) in [6.45, 7) is 3.72. The summed E-state index contributed by atoms with van der Waals surface area (Å²) < 4.78 is 5.17. The van der Waals surface area contributed by atoms with Gasteiger partial charge in [0.1, 0.15) is 0 Å². The van der Waals surface area contributed by atoms with E-state index in [1.54, 1.807) is 24.3 Å². The van der Waals surface area contributed by atoms with Gasteiger partial charge in [0.05, 0.1) is 11.6 Å². The van der Waals surface area contributed by atoms with Crippen molar-refractivity contribution in [1.82, 2.24) is 10.2 Å². The van der Waals surface area contributed by atoms with E-state index in [9.17, 15) is 14.4 Å². The van der Waals surface area contributed by atoms with Crippen LogP contribution in [0.3, 0.4) is 0 Å². The highest BCUT2D eigenvalue weighted by Gasteiger charge is 2.35. The Morgan fingerprint density at radius 3 is 3.00 bits per heavy atom. The summed E-state index contributed by atoms with van der Waals surface area (Å²) in [5.41, 5.74) is 0.458. The van der Waals surface area contributed by atoms with Crippen molar-refractivity contribution in [2.24, 2.45) is 10.9 Å². The van der Waals surface area contributed by atoms with Gasteiger partial charge in [0, 0.05) is 32.7 Å². The lowest BCUT2D eigenvalue weighted by Gasteiger charge is -2.28. The molecule has 0 aromatic rings. The average molecular weight is 319 g/mol. The fraction of sp³-hybridized carbons (Fsp3) is 0.500. The minimum atomic E-state index is -0.606. The van der Waals surface area contributed by atoms with Gasteiger partial charge in [0.15, 0.2) is 0 Å². The van der Waals surface area contributed by atoms with Gasteiger partial charge in [0.25, 0.3) is 0 Å². The molecule has 0 aromatic carbocycles. The number of rotatable bonds is 8. The summed E-state index contributed by atoms with van der Waals surface area (Å²) in [5.74, 6) is -1.05. The van der Waals surface area contributed by atoms with Crippen LogP contribution in [0.25, 0.3) is 0 Å². The van der Waals surface area contributed by atoms with E-state index in [4.69, 9.17) is 4.74 Å². The van der Waals surface area contributed by atoms with Gasteiger partial charge in [-0.2, -0.15) is 4.99 Å². The van der Waals surface area contributed by atoms with Gasteiger partial charge in [-0.3, -0.25) is 14.5 Å². The Bertz CT molecular complexity index is 566. The van der Waals surface area contributed by atoms with Crippen LogP contribution in [0, 0.1) is 5.92 Å². The molecule has 23 heavy (non-hydrogen) atoms. The van der Waals surface area contributed by atoms with Crippen molar-refractivity contribution in [2.75, 3.05) is 26.3 Å². The van der Waals surface area contributed by atoms with Gasteiger partial charge in [-0.05, 0) is 19.4 Å². The second-order valence-electron chi connectivity index (χ2n) is 5.18. The van der Waals surface area contributed by atoms with E-state index in [0.29, 0.717) is 25.5 Å². The smallest absolute Gasteiger partial charge is 0.350 e. The summed E-state index contributed by atoms with van der Waals surface area (Å²) in [7, 11) is 0. The summed E-state index contributed by atoms with van der Waals surface area (Å²) in [6, 6.07) is -0.606. The topological polar surface area (TPSA) is 88.1 Å². The SMILES string of the molecule is CCOCCCNC(=O)CCN1C(=O)N=C2C=CC=CC2C1=O. The van der Waals surface area contributed by atoms with Crippen LogP contribution in [0.15, 0.2) is 29.3 Å². The van der Waals surface area contributed by atoms with Crippen molar-refractivity contribution in [2.45, 2.75) is 19.8 Å². The molecule has 0 fully saturated rings. The second kappa shape index (κ2) is 8.38. The van der Waals surface area contributed by atoms with Crippen LogP contribution in [0.5, 0.6) is 0 Å². The summed E-state index contributed by atoms with van der Waals surface area (Å²) in [5, 5.41) is 2.74. The maximum absolute atomic E-state index is 12.3.